The Hall–Kier alpha value is -9.44. The van der Waals surface area contributed by atoms with Crippen LogP contribution in [0.1, 0.15) is 468 Å². The molecular weight excluding hydrogens is 1740 g/mol. The van der Waals surface area contributed by atoms with Gasteiger partial charge in [0, 0.05) is 70.5 Å². The van der Waals surface area contributed by atoms with Gasteiger partial charge in [-0.3, -0.25) is 19.2 Å². The van der Waals surface area contributed by atoms with Crippen LogP contribution in [0.4, 0.5) is 0 Å². The Labute approximate surface area is 853 Å². The van der Waals surface area contributed by atoms with Crippen LogP contribution in [0.3, 0.4) is 0 Å². The van der Waals surface area contributed by atoms with Gasteiger partial charge >= 0.3 is 0 Å². The van der Waals surface area contributed by atoms with Crippen LogP contribution in [0, 0.1) is 0 Å². The normalized spacial score (nSPS) is 11.9. The minimum Gasteiger partial charge on any atom is -0.484 e. The largest absolute Gasteiger partial charge is 0.484 e. The summed E-state index contributed by atoms with van der Waals surface area (Å²) >= 11 is 0. The first-order valence-electron chi connectivity index (χ1n) is 57.7. The van der Waals surface area contributed by atoms with Gasteiger partial charge in [0.05, 0.1) is 22.8 Å². The maximum absolute atomic E-state index is 13.6. The summed E-state index contributed by atoms with van der Waals surface area (Å²) in [5.41, 5.74) is 12.9. The summed E-state index contributed by atoms with van der Waals surface area (Å²) in [4.78, 5) is 72.6. The molecular formula is C125H188N8O8. The Morgan fingerprint density at radius 2 is 0.411 bits per heavy atom. The van der Waals surface area contributed by atoms with Crippen LogP contribution >= 0.6 is 0 Å². The Morgan fingerprint density at radius 1 is 0.234 bits per heavy atom. The van der Waals surface area contributed by atoms with E-state index >= 15 is 0 Å². The number of nitrogens with one attached hydrogen (secondary N) is 6. The molecule has 0 radical (unpaired) electrons. The number of fused-ring (bicyclic) bond motifs is 8. The van der Waals surface area contributed by atoms with E-state index in [1.807, 2.05) is 104 Å². The molecule has 2 aliphatic rings. The van der Waals surface area contributed by atoms with Gasteiger partial charge in [-0.2, -0.15) is 0 Å². The molecule has 0 aliphatic carbocycles. The minimum atomic E-state index is -0.714. The van der Waals surface area contributed by atoms with E-state index in [0.29, 0.717) is 72.0 Å². The smallest absolute Gasteiger partial charge is 0.260 e. The van der Waals surface area contributed by atoms with Crippen molar-refractivity contribution in [3.63, 3.8) is 0 Å². The maximum Gasteiger partial charge on any atom is 0.260 e. The average Bonchev–Trinajstić information content (AvgIpc) is 1.61. The summed E-state index contributed by atoms with van der Waals surface area (Å²) in [6.45, 7) is 13.2. The van der Waals surface area contributed by atoms with Gasteiger partial charge < -0.3 is 50.2 Å². The van der Waals surface area contributed by atoms with Crippen molar-refractivity contribution in [3.8, 4) is 67.5 Å². The van der Waals surface area contributed by atoms with Crippen molar-refractivity contribution in [1.82, 2.24) is 41.2 Å². The Bertz CT molecular complexity index is 4660. The lowest BCUT2D eigenvalue weighted by Gasteiger charge is -2.15. The predicted molar refractivity (Wildman–Crippen MR) is 597 cm³/mol. The van der Waals surface area contributed by atoms with Crippen molar-refractivity contribution < 1.29 is 38.1 Å². The van der Waals surface area contributed by atoms with Gasteiger partial charge in [0.1, 0.15) is 23.0 Å². The molecule has 776 valence electrons. The number of carbonyl (C=O) groups excluding carboxylic acids is 4. The summed E-state index contributed by atoms with van der Waals surface area (Å²) < 4.78 is 25.0. The third kappa shape index (κ3) is 47.3. The lowest BCUT2D eigenvalue weighted by molar-refractivity contribution is -0.127. The summed E-state index contributed by atoms with van der Waals surface area (Å²) in [5, 5.41) is 12.5. The number of unbranched alkanes of at least 4 members (excludes halogenated alkanes) is 60. The van der Waals surface area contributed by atoms with Crippen LogP contribution in [-0.4, -0.2) is 95.7 Å². The standard InChI is InChI=1S/C125H188N8O8/c1-6-10-14-18-22-26-30-34-38-42-46-50-54-58-62-66-94-126-118(134)98-138-106-78-70-102(71-79-106)121-110-86-88-112(130-110)122(103-72-80-107(81-73-103)139-99-119(135)127-95-67-63-59-55-51-47-43-39-35-31-27-23-19-15-11-7-2)114-90-92-116(132-114)124(105-76-84-109(85-77-105)141-101(5)125(137)129-97-69-65-61-57-53-49-45-41-37-33-29-25-21-17-13-9-4)117-93-91-115(133-117)123(113-89-87-111(121)131-113)104-74-82-108(83-75-104)140-100-120(136)128-96-68-64-60-56-52-48-44-40-36-32-28-24-20-16-12-8-3/h70-93,101,130,133H,6-69,94-100H2,1-5H3,(H,126,134)(H,127,135)(H,128,136)(H,129,137)/t101-/m1/s1. The number of benzene rings is 4. The third-order valence-corrected chi connectivity index (χ3v) is 28.5. The molecule has 0 spiro atoms. The van der Waals surface area contributed by atoms with Gasteiger partial charge in [-0.15, -0.1) is 0 Å². The average molecular weight is 1930 g/mol. The fourth-order valence-corrected chi connectivity index (χ4v) is 19.9. The molecule has 0 fully saturated rings. The molecule has 16 heteroatoms. The molecule has 5 heterocycles. The summed E-state index contributed by atoms with van der Waals surface area (Å²) in [5.74, 6) is 1.72. The highest BCUT2D eigenvalue weighted by atomic mass is 16.5. The number of aromatic nitrogens is 4. The van der Waals surface area contributed by atoms with Crippen molar-refractivity contribution in [1.29, 1.82) is 0 Å². The molecule has 8 bridgehead atoms. The minimum absolute atomic E-state index is 0.0946. The molecule has 2 aliphatic heterocycles. The highest BCUT2D eigenvalue weighted by Gasteiger charge is 2.23. The number of aromatic amines is 2. The number of hydrogen-bond acceptors (Lipinski definition) is 10. The van der Waals surface area contributed by atoms with E-state index < -0.39 is 6.10 Å². The van der Waals surface area contributed by atoms with Crippen molar-refractivity contribution in [3.05, 3.63) is 144 Å². The van der Waals surface area contributed by atoms with E-state index in [0.717, 1.165) is 118 Å². The number of ether oxygens (including phenoxy) is 4. The molecule has 0 saturated carbocycles. The molecule has 0 unspecified atom stereocenters. The van der Waals surface area contributed by atoms with Crippen LogP contribution in [0.2, 0.25) is 0 Å². The predicted octanol–water partition coefficient (Wildman–Crippen LogP) is 34.7. The van der Waals surface area contributed by atoms with Gasteiger partial charge in [0.2, 0.25) is 0 Å². The van der Waals surface area contributed by atoms with E-state index in [4.69, 9.17) is 28.9 Å². The first kappa shape index (κ1) is 115. The molecule has 9 rings (SSSR count). The second-order valence-electron chi connectivity index (χ2n) is 40.8. The van der Waals surface area contributed by atoms with Crippen LogP contribution in [0.15, 0.2) is 121 Å². The van der Waals surface area contributed by atoms with Gasteiger partial charge in [-0.05, 0) is 152 Å². The fourth-order valence-electron chi connectivity index (χ4n) is 19.9. The molecule has 7 aromatic rings. The zero-order valence-corrected chi connectivity index (χ0v) is 88.8. The summed E-state index contributed by atoms with van der Waals surface area (Å²) in [6, 6.07) is 40.0. The third-order valence-electron chi connectivity index (χ3n) is 28.5. The van der Waals surface area contributed by atoms with Crippen LogP contribution in [0.5, 0.6) is 23.0 Å². The second kappa shape index (κ2) is 73.6. The topological polar surface area (TPSA) is 211 Å². The Balaban J connectivity index is 0.924. The Kier molecular flexibility index (Phi) is 60.1. The van der Waals surface area contributed by atoms with Crippen molar-refractivity contribution in [2.24, 2.45) is 0 Å². The molecule has 141 heavy (non-hydrogen) atoms. The van der Waals surface area contributed by atoms with Crippen molar-refractivity contribution in [2.75, 3.05) is 46.0 Å². The quantitative estimate of drug-likeness (QED) is 0.0199. The maximum atomic E-state index is 13.6. The van der Waals surface area contributed by atoms with E-state index in [2.05, 4.69) is 107 Å². The monoisotopic (exact) mass is 1930 g/mol. The molecule has 4 amide bonds. The van der Waals surface area contributed by atoms with Gasteiger partial charge in [0.15, 0.2) is 25.9 Å². The zero-order chi connectivity index (χ0) is 99.1. The van der Waals surface area contributed by atoms with E-state index in [9.17, 15) is 19.2 Å². The van der Waals surface area contributed by atoms with Crippen LogP contribution < -0.4 is 40.2 Å². The number of rotatable bonds is 84. The SMILES string of the molecule is CCCCCCCCCCCCCCCCCCNC(=O)COc1ccc(-c2c3nc(c(-c4ccc(OCC(=O)NCCCCCCCCCCCCCCCCCC)cc4)c4ccc([nH]4)c(-c4ccc(O[C@H](C)C(=O)NCCCCCCCCCCCCCCCCCC)cc4)c4nc(c(-c5ccc(OCC(=O)NCCCCCCCCCCCCCCCCCC)cc5)c5ccc2[nH]5)C=C4)C=C3)cc1. The van der Waals surface area contributed by atoms with E-state index in [1.165, 1.54) is 360 Å². The lowest BCUT2D eigenvalue weighted by Crippen LogP contribution is -2.36. The summed E-state index contributed by atoms with van der Waals surface area (Å²) in [7, 11) is 0. The van der Waals surface area contributed by atoms with E-state index in [-0.39, 0.29) is 43.4 Å². The molecule has 0 saturated heterocycles. The number of nitrogens with zero attached hydrogens (tertiary/aromatic N) is 2. The van der Waals surface area contributed by atoms with E-state index in [1.54, 1.807) is 0 Å². The highest BCUT2D eigenvalue weighted by Crippen LogP contribution is 2.41. The number of carbonyl (C=O) groups is 4. The van der Waals surface area contributed by atoms with Gasteiger partial charge in [-0.1, -0.05) is 461 Å². The second-order valence-corrected chi connectivity index (χ2v) is 40.8. The highest BCUT2D eigenvalue weighted by molar-refractivity contribution is 6.00. The van der Waals surface area contributed by atoms with Gasteiger partial charge in [-0.25, -0.2) is 9.97 Å². The molecule has 4 aromatic carbocycles. The number of H-pyrrole nitrogens is 2. The molecule has 16 nitrogen and oxygen atoms in total. The first-order chi connectivity index (χ1) is 69.5. The van der Waals surface area contributed by atoms with Crippen molar-refractivity contribution in [2.45, 2.75) is 452 Å². The van der Waals surface area contributed by atoms with Gasteiger partial charge in [0.25, 0.3) is 23.6 Å². The first-order valence-corrected chi connectivity index (χ1v) is 57.7. The number of hydrogen-bond donors (Lipinski definition) is 6. The summed E-state index contributed by atoms with van der Waals surface area (Å²) in [6.07, 6.45) is 90.9. The molecule has 6 N–H and O–H groups in total. The zero-order valence-electron chi connectivity index (χ0n) is 88.8. The number of amides is 4. The Morgan fingerprint density at radius 3 is 0.610 bits per heavy atom. The molecule has 1 atom stereocenters. The fraction of sp³-hybridized carbons (Fsp3) is 0.616. The molecule has 3 aromatic heterocycles. The van der Waals surface area contributed by atoms with Crippen LogP contribution in [-0.2, 0) is 19.2 Å². The lowest BCUT2D eigenvalue weighted by atomic mass is 10.0. The van der Waals surface area contributed by atoms with Crippen LogP contribution in [0.25, 0.3) is 90.9 Å². The van der Waals surface area contributed by atoms with Crippen molar-refractivity contribution >= 4 is 70.0 Å².